The van der Waals surface area contributed by atoms with Crippen LogP contribution in [0.3, 0.4) is 0 Å². The minimum Gasteiger partial charge on any atom is -0.384 e. The second kappa shape index (κ2) is 37.2. The molecule has 0 aliphatic carbocycles. The molecule has 3 N–H and O–H groups in total. The van der Waals surface area contributed by atoms with Crippen LogP contribution in [0.5, 0.6) is 0 Å². The highest BCUT2D eigenvalue weighted by Crippen LogP contribution is 2.34. The topological polar surface area (TPSA) is 302 Å². The first-order valence-electron chi connectivity index (χ1n) is 43.5. The van der Waals surface area contributed by atoms with Gasteiger partial charge in [-0.25, -0.2) is 49.8 Å². The molecular formula is C107H96N16O7. The van der Waals surface area contributed by atoms with Gasteiger partial charge >= 0.3 is 0 Å². The average molecular weight is 1720 g/mol. The van der Waals surface area contributed by atoms with Crippen LogP contribution in [0.4, 0.5) is 0 Å². The summed E-state index contributed by atoms with van der Waals surface area (Å²) in [5, 5.41) is 13.4. The summed E-state index contributed by atoms with van der Waals surface area (Å²) in [7, 11) is 0. The smallest absolute Gasteiger partial charge is 0.261 e. The lowest BCUT2D eigenvalue weighted by Crippen LogP contribution is -2.42. The predicted molar refractivity (Wildman–Crippen MR) is 506 cm³/mol. The van der Waals surface area contributed by atoms with Crippen molar-refractivity contribution in [3.05, 3.63) is 361 Å². The van der Waals surface area contributed by atoms with E-state index in [1.807, 2.05) is 186 Å². The van der Waals surface area contributed by atoms with E-state index in [0.29, 0.717) is 93.2 Å². The van der Waals surface area contributed by atoms with Gasteiger partial charge in [-0.1, -0.05) is 108 Å². The van der Waals surface area contributed by atoms with Crippen LogP contribution in [0, 0.1) is 102 Å². The van der Waals surface area contributed by atoms with E-state index in [4.69, 9.17) is 20.7 Å². The zero-order valence-corrected chi connectivity index (χ0v) is 74.1. The van der Waals surface area contributed by atoms with Crippen molar-refractivity contribution in [3.8, 4) is 59.2 Å². The molecule has 5 aliphatic heterocycles. The molecule has 15 heterocycles. The highest BCUT2D eigenvalue weighted by molar-refractivity contribution is 5.84. The summed E-state index contributed by atoms with van der Waals surface area (Å²) >= 11 is 0. The Balaban J connectivity index is 0.000000119. The van der Waals surface area contributed by atoms with E-state index < -0.39 is 5.60 Å². The Labute approximate surface area is 751 Å². The van der Waals surface area contributed by atoms with Crippen molar-refractivity contribution < 1.29 is 9.90 Å². The Kier molecular flexibility index (Phi) is 25.2. The molecule has 10 aromatic heterocycles. The van der Waals surface area contributed by atoms with E-state index in [0.717, 1.165) is 154 Å². The zero-order valence-electron chi connectivity index (χ0n) is 74.1. The molecule has 0 radical (unpaired) electrons. The maximum absolute atomic E-state index is 13.0. The summed E-state index contributed by atoms with van der Waals surface area (Å²) in [5.74, 6) is 34.1. The van der Waals surface area contributed by atoms with E-state index >= 15 is 0 Å². The first-order valence-corrected chi connectivity index (χ1v) is 43.5. The molecule has 5 aliphatic rings. The van der Waals surface area contributed by atoms with E-state index in [9.17, 15) is 33.9 Å². The Morgan fingerprint density at radius 2 is 0.769 bits per heavy atom. The maximum Gasteiger partial charge on any atom is 0.261 e. The number of aliphatic hydroxyl groups is 1. The van der Waals surface area contributed by atoms with Crippen LogP contribution < -0.4 is 33.5 Å². The first kappa shape index (κ1) is 88.0. The minimum absolute atomic E-state index is 0.0534. The Hall–Kier alpha value is -15.5. The van der Waals surface area contributed by atoms with Crippen LogP contribution in [0.15, 0.2) is 231 Å². The monoisotopic (exact) mass is 1720 g/mol. The van der Waals surface area contributed by atoms with Crippen LogP contribution in [0.1, 0.15) is 176 Å². The van der Waals surface area contributed by atoms with Crippen molar-refractivity contribution in [1.82, 2.24) is 72.7 Å². The second-order valence-electron chi connectivity index (χ2n) is 35.9. The van der Waals surface area contributed by atoms with Gasteiger partial charge in [0.15, 0.2) is 0 Å². The lowest BCUT2D eigenvalue weighted by Gasteiger charge is -2.31. The molecule has 1 amide bonds. The van der Waals surface area contributed by atoms with Gasteiger partial charge in [-0.3, -0.25) is 51.6 Å². The molecular weight excluding hydrogens is 1620 g/mol. The van der Waals surface area contributed by atoms with Crippen molar-refractivity contribution in [2.24, 2.45) is 27.9 Å². The van der Waals surface area contributed by atoms with Crippen LogP contribution in [-0.2, 0) is 69.6 Å². The van der Waals surface area contributed by atoms with Crippen molar-refractivity contribution >= 4 is 60.4 Å². The molecule has 2 unspecified atom stereocenters. The van der Waals surface area contributed by atoms with Gasteiger partial charge in [0, 0.05) is 116 Å². The summed E-state index contributed by atoms with van der Waals surface area (Å²) < 4.78 is 8.64. The fourth-order valence-corrected chi connectivity index (χ4v) is 16.5. The van der Waals surface area contributed by atoms with Crippen molar-refractivity contribution in [2.45, 2.75) is 165 Å². The number of aromatic nitrogens is 15. The molecule has 0 fully saturated rings. The van der Waals surface area contributed by atoms with Crippen LogP contribution in [-0.4, -0.2) is 89.3 Å². The molecule has 15 aromatic rings. The third kappa shape index (κ3) is 20.5. The SMILES string of the molecule is C=CC1(O)CCc2nc3cc(C#Cc4ccccn4)ccc3c(=O)n2C1.Cc1cc2c(=O)n3c(nc2cc1C#Cc1ccccn1)CCC(C)(C)C3.Cc1cccc(C#Cc2ccc3c(=O)n4c(nc3c2)CC(C)(C)CC4)n1.Cc1cccc(C#Cc2ccc3c(=O)n4c(nc3c2)CCC(C)(C)C4)n1.NC(=O)C1CCc2nc3cc(C#Cc4ccccn4)ccc3c(=O)n2C1. The Morgan fingerprint density at radius 3 is 1.19 bits per heavy atom. The van der Waals surface area contributed by atoms with Gasteiger partial charge in [-0.15, -0.1) is 6.58 Å². The lowest BCUT2D eigenvalue weighted by atomic mass is 9.83. The molecule has 0 saturated carbocycles. The van der Waals surface area contributed by atoms with Gasteiger partial charge in [-0.05, 0) is 250 Å². The standard InChI is InChI=1S/3C22H21N3O.C21H17N3O2.C20H16N4O2/c1-15-5-4-6-17(23-15)9-7-16-8-10-18-19(13-16)24-20-14-22(2,3)11-12-25(20)21(18)26;1-15-5-4-6-17(23-15)9-7-16-8-10-18-19(13-16)24-20-11-12-22(2,3)14-25(20)21(18)26;1-15-12-18-19(13-16(15)7-8-17-6-4-5-11-23-17)24-20-9-10-22(2,3)14-25(20)21(18)26;1-2-21(26)11-10-19-23-18-13-15(6-8-16-5-3-4-12-22-16)7-9-17(18)20(25)24(19)14-21;21-19(25)14-6-9-18-23-17-11-13(4-7-15-3-1-2-10-22-15)5-8-16(17)20(26)24(18)12-14/h2*4-6,8,10,13H,11-12,14H2,1-3H3;4-6,11-13H,9-10,14H2,1-3H3;2-5,7,9,12-13,26H,1,10-11,14H2;1-3,5,8,10-11,14H,6,9,12H2,(H2,21,25). The molecule has 646 valence electrons. The summed E-state index contributed by atoms with van der Waals surface area (Å²) in [6.45, 7) is 25.5. The van der Waals surface area contributed by atoms with Crippen molar-refractivity contribution in [2.75, 3.05) is 0 Å². The molecule has 23 nitrogen and oxygen atoms in total. The lowest BCUT2D eigenvalue weighted by molar-refractivity contribution is -0.122. The number of aryl methyl sites for hydroxylation is 7. The number of amides is 1. The number of primary amides is 1. The maximum atomic E-state index is 13.0. The summed E-state index contributed by atoms with van der Waals surface area (Å²) in [4.78, 5) is 121. The van der Waals surface area contributed by atoms with Crippen molar-refractivity contribution in [3.63, 3.8) is 0 Å². The zero-order chi connectivity index (χ0) is 91.2. The van der Waals surface area contributed by atoms with Gasteiger partial charge in [-0.2, -0.15) is 0 Å². The van der Waals surface area contributed by atoms with E-state index in [-0.39, 0.29) is 62.4 Å². The molecule has 130 heavy (non-hydrogen) atoms. The number of hydrogen-bond donors (Lipinski definition) is 2. The fraction of sp³-hybridized carbons (Fsp3) is 0.271. The Morgan fingerprint density at radius 1 is 0.392 bits per heavy atom. The third-order valence-electron chi connectivity index (χ3n) is 23.9. The van der Waals surface area contributed by atoms with Crippen molar-refractivity contribution in [1.29, 1.82) is 0 Å². The molecule has 0 saturated heterocycles. The van der Waals surface area contributed by atoms with Crippen LogP contribution >= 0.6 is 0 Å². The van der Waals surface area contributed by atoms with E-state index in [1.165, 1.54) is 6.08 Å². The summed E-state index contributed by atoms with van der Waals surface area (Å²) in [6.07, 6.45) is 14.4. The molecule has 5 aromatic carbocycles. The molecule has 0 bridgehead atoms. The fourth-order valence-electron chi connectivity index (χ4n) is 16.5. The molecule has 0 spiro atoms. The van der Waals surface area contributed by atoms with E-state index in [2.05, 4.69) is 142 Å². The number of fused-ring (bicyclic) bond motifs is 10. The summed E-state index contributed by atoms with van der Waals surface area (Å²) in [6, 6.07) is 54.2. The number of rotatable bonds is 2. The largest absolute Gasteiger partial charge is 0.384 e. The highest BCUT2D eigenvalue weighted by atomic mass is 16.3. The average Bonchev–Trinajstić information content (AvgIpc) is 0.772. The van der Waals surface area contributed by atoms with Gasteiger partial charge in [0.05, 0.1) is 67.0 Å². The quantitative estimate of drug-likeness (QED) is 0.120. The number of pyridine rings is 5. The number of carbonyl (C=O) groups is 1. The normalized spacial score (nSPS) is 16.0. The molecule has 2 atom stereocenters. The summed E-state index contributed by atoms with van der Waals surface area (Å²) in [5.41, 5.74) is 18.7. The minimum atomic E-state index is -1.06. The first-order chi connectivity index (χ1) is 62.4. The molecule has 20 rings (SSSR count). The predicted octanol–water partition coefficient (Wildman–Crippen LogP) is 13.7. The van der Waals surface area contributed by atoms with E-state index in [1.54, 1.807) is 52.0 Å². The number of nitrogens with zero attached hydrogens (tertiary/aromatic N) is 15. The van der Waals surface area contributed by atoms with Gasteiger partial charge in [0.1, 0.15) is 63.2 Å². The Bertz CT molecular complexity index is 7740. The number of nitrogens with two attached hydrogens (primary N) is 1. The van der Waals surface area contributed by atoms with Gasteiger partial charge in [0.25, 0.3) is 27.8 Å². The molecule has 23 heteroatoms. The van der Waals surface area contributed by atoms with Gasteiger partial charge < -0.3 is 10.8 Å². The third-order valence-corrected chi connectivity index (χ3v) is 23.9. The number of benzene rings is 5. The second-order valence-corrected chi connectivity index (χ2v) is 35.9. The van der Waals surface area contributed by atoms with Crippen LogP contribution in [0.25, 0.3) is 54.5 Å². The number of hydrogen-bond acceptors (Lipinski definition) is 17. The number of carbonyl (C=O) groups excluding carboxylic acids is 1. The highest BCUT2D eigenvalue weighted by Gasteiger charge is 2.34. The van der Waals surface area contributed by atoms with Gasteiger partial charge in [0.2, 0.25) is 5.91 Å². The van der Waals surface area contributed by atoms with Crippen LogP contribution in [0.2, 0.25) is 0 Å².